The Kier molecular flexibility index (Phi) is 5.64. The van der Waals surface area contributed by atoms with Gasteiger partial charge in [-0.3, -0.25) is 4.79 Å². The van der Waals surface area contributed by atoms with Crippen molar-refractivity contribution in [1.29, 1.82) is 0 Å². The molecule has 1 atom stereocenters. The second-order valence-electron chi connectivity index (χ2n) is 8.11. The predicted molar refractivity (Wildman–Crippen MR) is 103 cm³/mol. The van der Waals surface area contributed by atoms with E-state index in [1.165, 1.54) is 0 Å². The SMILES string of the molecule is CCN1CCC(C(=O)N2CC3(C2)OCCC3CCOc2ccccn2)CC1. The van der Waals surface area contributed by atoms with E-state index in [4.69, 9.17) is 9.47 Å². The monoisotopic (exact) mass is 373 g/mol. The Morgan fingerprint density at radius 2 is 2.11 bits per heavy atom. The van der Waals surface area contributed by atoms with E-state index in [1.54, 1.807) is 6.20 Å². The molecule has 0 aromatic carbocycles. The van der Waals surface area contributed by atoms with Crippen LogP contribution in [0.4, 0.5) is 0 Å². The van der Waals surface area contributed by atoms with Crippen molar-refractivity contribution in [2.45, 2.75) is 38.2 Å². The summed E-state index contributed by atoms with van der Waals surface area (Å²) in [6.07, 6.45) is 5.75. The lowest BCUT2D eigenvalue weighted by Gasteiger charge is -2.51. The molecule has 4 heterocycles. The summed E-state index contributed by atoms with van der Waals surface area (Å²) in [5, 5.41) is 0. The summed E-state index contributed by atoms with van der Waals surface area (Å²) < 4.78 is 11.9. The lowest BCUT2D eigenvalue weighted by Crippen LogP contribution is -2.67. The topological polar surface area (TPSA) is 54.9 Å². The summed E-state index contributed by atoms with van der Waals surface area (Å²) in [7, 11) is 0. The Morgan fingerprint density at radius 1 is 1.30 bits per heavy atom. The van der Waals surface area contributed by atoms with Crippen LogP contribution in [0.2, 0.25) is 0 Å². The van der Waals surface area contributed by atoms with E-state index in [0.717, 1.165) is 65.0 Å². The summed E-state index contributed by atoms with van der Waals surface area (Å²) in [6.45, 7) is 8.34. The highest BCUT2D eigenvalue weighted by atomic mass is 16.5. The number of piperidine rings is 1. The zero-order valence-electron chi connectivity index (χ0n) is 16.3. The molecule has 6 heteroatoms. The lowest BCUT2D eigenvalue weighted by molar-refractivity contribution is -0.170. The Morgan fingerprint density at radius 3 is 2.81 bits per heavy atom. The van der Waals surface area contributed by atoms with Crippen molar-refractivity contribution in [3.8, 4) is 5.88 Å². The largest absolute Gasteiger partial charge is 0.478 e. The summed E-state index contributed by atoms with van der Waals surface area (Å²) in [5.41, 5.74) is -0.132. The Balaban J connectivity index is 1.24. The Labute approximate surface area is 161 Å². The quantitative estimate of drug-likeness (QED) is 0.765. The van der Waals surface area contributed by atoms with Crippen LogP contribution in [0.5, 0.6) is 5.88 Å². The maximum atomic E-state index is 12.8. The number of rotatable bonds is 6. The van der Waals surface area contributed by atoms with Gasteiger partial charge in [0.05, 0.1) is 19.7 Å². The first kappa shape index (κ1) is 18.7. The van der Waals surface area contributed by atoms with Gasteiger partial charge in [-0.1, -0.05) is 13.0 Å². The van der Waals surface area contributed by atoms with Gasteiger partial charge in [-0.2, -0.15) is 0 Å². The first-order valence-corrected chi connectivity index (χ1v) is 10.4. The molecule has 1 amide bonds. The molecule has 3 saturated heterocycles. The maximum Gasteiger partial charge on any atom is 0.225 e. The minimum atomic E-state index is -0.132. The van der Waals surface area contributed by atoms with Crippen LogP contribution in [0, 0.1) is 11.8 Å². The van der Waals surface area contributed by atoms with E-state index >= 15 is 0 Å². The maximum absolute atomic E-state index is 12.8. The first-order valence-electron chi connectivity index (χ1n) is 10.4. The average Bonchev–Trinajstić information content (AvgIpc) is 3.11. The molecule has 4 rings (SSSR count). The third kappa shape index (κ3) is 3.97. The van der Waals surface area contributed by atoms with Crippen molar-refractivity contribution in [1.82, 2.24) is 14.8 Å². The van der Waals surface area contributed by atoms with E-state index < -0.39 is 0 Å². The van der Waals surface area contributed by atoms with Gasteiger partial charge in [0, 0.05) is 24.8 Å². The molecule has 3 fully saturated rings. The van der Waals surface area contributed by atoms with Crippen molar-refractivity contribution < 1.29 is 14.3 Å². The number of likely N-dealkylation sites (tertiary alicyclic amines) is 2. The molecule has 1 spiro atoms. The van der Waals surface area contributed by atoms with Crippen molar-refractivity contribution in [2.24, 2.45) is 11.8 Å². The number of amides is 1. The molecule has 1 unspecified atom stereocenters. The minimum Gasteiger partial charge on any atom is -0.478 e. The third-order valence-electron chi connectivity index (χ3n) is 6.57. The van der Waals surface area contributed by atoms with Crippen molar-refractivity contribution in [3.63, 3.8) is 0 Å². The number of carbonyl (C=O) groups excluding carboxylic acids is 1. The van der Waals surface area contributed by atoms with Gasteiger partial charge in [0.25, 0.3) is 0 Å². The van der Waals surface area contributed by atoms with Gasteiger partial charge >= 0.3 is 0 Å². The predicted octanol–water partition coefficient (Wildman–Crippen LogP) is 2.20. The van der Waals surface area contributed by atoms with Crippen LogP contribution in [0.15, 0.2) is 24.4 Å². The zero-order chi connectivity index (χ0) is 18.7. The molecule has 3 aliphatic rings. The molecule has 148 valence electrons. The number of nitrogens with zero attached hydrogens (tertiary/aromatic N) is 3. The number of pyridine rings is 1. The highest BCUT2D eigenvalue weighted by Crippen LogP contribution is 2.42. The first-order chi connectivity index (χ1) is 13.2. The highest BCUT2D eigenvalue weighted by Gasteiger charge is 2.54. The fraction of sp³-hybridized carbons (Fsp3) is 0.714. The van der Waals surface area contributed by atoms with Crippen LogP contribution >= 0.6 is 0 Å². The summed E-state index contributed by atoms with van der Waals surface area (Å²) in [6, 6.07) is 5.70. The Bertz CT molecular complexity index is 625. The molecule has 3 aliphatic heterocycles. The number of ether oxygens (including phenoxy) is 2. The lowest BCUT2D eigenvalue weighted by atomic mass is 9.78. The van der Waals surface area contributed by atoms with Crippen LogP contribution in [-0.4, -0.2) is 72.2 Å². The van der Waals surface area contributed by atoms with Gasteiger partial charge in [-0.05, 0) is 57.3 Å². The van der Waals surface area contributed by atoms with Gasteiger partial charge in [-0.15, -0.1) is 0 Å². The molecule has 0 radical (unpaired) electrons. The molecule has 0 bridgehead atoms. The minimum absolute atomic E-state index is 0.132. The van der Waals surface area contributed by atoms with Gasteiger partial charge in [0.2, 0.25) is 11.8 Å². The van der Waals surface area contributed by atoms with E-state index in [0.29, 0.717) is 24.3 Å². The fourth-order valence-corrected chi connectivity index (χ4v) is 4.79. The summed E-state index contributed by atoms with van der Waals surface area (Å²) in [4.78, 5) is 21.5. The third-order valence-corrected chi connectivity index (χ3v) is 6.57. The molecule has 1 aromatic rings. The smallest absolute Gasteiger partial charge is 0.225 e. The van der Waals surface area contributed by atoms with E-state index in [2.05, 4.69) is 16.8 Å². The van der Waals surface area contributed by atoms with E-state index in [9.17, 15) is 4.79 Å². The molecule has 0 aliphatic carbocycles. The molecule has 1 aromatic heterocycles. The standard InChI is InChI=1S/C21H31N3O3/c1-2-23-11-6-17(7-12-23)20(25)24-15-21(16-24)18(9-14-27-21)8-13-26-19-5-3-4-10-22-19/h3-5,10,17-18H,2,6-9,11-16H2,1H3. The van der Waals surface area contributed by atoms with Gasteiger partial charge in [0.1, 0.15) is 5.60 Å². The van der Waals surface area contributed by atoms with E-state index in [1.807, 2.05) is 23.1 Å². The van der Waals surface area contributed by atoms with Crippen LogP contribution in [0.3, 0.4) is 0 Å². The summed E-state index contributed by atoms with van der Waals surface area (Å²) in [5.74, 6) is 1.69. The molecule has 0 N–H and O–H groups in total. The molecular weight excluding hydrogens is 342 g/mol. The van der Waals surface area contributed by atoms with Crippen LogP contribution in [0.1, 0.15) is 32.6 Å². The zero-order valence-corrected chi connectivity index (χ0v) is 16.3. The van der Waals surface area contributed by atoms with Crippen LogP contribution in [0.25, 0.3) is 0 Å². The van der Waals surface area contributed by atoms with Crippen LogP contribution < -0.4 is 4.74 Å². The molecule has 0 saturated carbocycles. The second-order valence-corrected chi connectivity index (χ2v) is 8.11. The number of carbonyl (C=O) groups is 1. The normalized spacial score (nSPS) is 25.5. The molecule has 6 nitrogen and oxygen atoms in total. The van der Waals surface area contributed by atoms with Gasteiger partial charge < -0.3 is 19.3 Å². The van der Waals surface area contributed by atoms with Crippen molar-refractivity contribution >= 4 is 5.91 Å². The molecular formula is C21H31N3O3. The second kappa shape index (κ2) is 8.15. The van der Waals surface area contributed by atoms with Crippen molar-refractivity contribution in [2.75, 3.05) is 45.9 Å². The Hall–Kier alpha value is -1.66. The highest BCUT2D eigenvalue weighted by molar-refractivity contribution is 5.80. The van der Waals surface area contributed by atoms with Crippen molar-refractivity contribution in [3.05, 3.63) is 24.4 Å². The average molecular weight is 373 g/mol. The summed E-state index contributed by atoms with van der Waals surface area (Å²) >= 11 is 0. The van der Waals surface area contributed by atoms with Gasteiger partial charge in [-0.25, -0.2) is 4.98 Å². The number of hydrogen-bond acceptors (Lipinski definition) is 5. The van der Waals surface area contributed by atoms with Gasteiger partial charge in [0.15, 0.2) is 0 Å². The molecule has 27 heavy (non-hydrogen) atoms. The fourth-order valence-electron chi connectivity index (χ4n) is 4.79. The van der Waals surface area contributed by atoms with E-state index in [-0.39, 0.29) is 11.5 Å². The van der Waals surface area contributed by atoms with Crippen LogP contribution in [-0.2, 0) is 9.53 Å². The number of hydrogen-bond donors (Lipinski definition) is 0. The number of aromatic nitrogens is 1.